The Morgan fingerprint density at radius 1 is 1.19 bits per heavy atom. The number of halogens is 1. The van der Waals surface area contributed by atoms with Crippen molar-refractivity contribution in [3.63, 3.8) is 0 Å². The van der Waals surface area contributed by atoms with Crippen molar-refractivity contribution in [3.05, 3.63) is 45.9 Å². The summed E-state index contributed by atoms with van der Waals surface area (Å²) < 4.78 is 18.7. The van der Waals surface area contributed by atoms with Crippen molar-refractivity contribution in [3.8, 4) is 5.75 Å². The predicted molar refractivity (Wildman–Crippen MR) is 87.9 cm³/mol. The Hall–Kier alpha value is -1.55. The van der Waals surface area contributed by atoms with E-state index >= 15 is 0 Å². The zero-order valence-electron chi connectivity index (χ0n) is 13.0. The number of anilines is 1. The molecule has 1 N–H and O–H groups in total. The van der Waals surface area contributed by atoms with E-state index in [4.69, 9.17) is 4.74 Å². The Labute approximate surface area is 130 Å². The van der Waals surface area contributed by atoms with Crippen LogP contribution in [0.3, 0.4) is 0 Å². The second kappa shape index (κ2) is 6.48. The highest BCUT2D eigenvalue weighted by molar-refractivity contribution is 7.12. The van der Waals surface area contributed by atoms with Gasteiger partial charge in [-0.3, -0.25) is 0 Å². The molecule has 21 heavy (non-hydrogen) atoms. The monoisotopic (exact) mass is 307 g/mol. The molecule has 0 unspecified atom stereocenters. The van der Waals surface area contributed by atoms with E-state index in [-0.39, 0.29) is 11.2 Å². The molecule has 0 bridgehead atoms. The van der Waals surface area contributed by atoms with Crippen LogP contribution in [0, 0.1) is 5.82 Å². The van der Waals surface area contributed by atoms with Crippen LogP contribution in [-0.2, 0) is 12.0 Å². The lowest BCUT2D eigenvalue weighted by Crippen LogP contribution is -2.07. The third-order valence-electron chi connectivity index (χ3n) is 3.10. The summed E-state index contributed by atoms with van der Waals surface area (Å²) in [5, 5.41) is 3.33. The molecule has 1 aromatic carbocycles. The van der Waals surface area contributed by atoms with Crippen molar-refractivity contribution in [1.82, 2.24) is 0 Å². The minimum absolute atomic E-state index is 0.176. The predicted octanol–water partition coefficient (Wildman–Crippen LogP) is 5.20. The SMILES string of the molecule is CCOc1cc(F)ccc1NCc1ccc(C(C)(C)C)s1. The maximum Gasteiger partial charge on any atom is 0.145 e. The number of ether oxygens (including phenoxy) is 1. The van der Waals surface area contributed by atoms with Crippen molar-refractivity contribution in [2.24, 2.45) is 0 Å². The average Bonchev–Trinajstić information content (AvgIpc) is 2.87. The molecule has 0 aliphatic rings. The minimum Gasteiger partial charge on any atom is -0.492 e. The Morgan fingerprint density at radius 3 is 2.57 bits per heavy atom. The molecule has 0 fully saturated rings. The van der Waals surface area contributed by atoms with Crippen LogP contribution in [0.2, 0.25) is 0 Å². The molecule has 2 rings (SSSR count). The van der Waals surface area contributed by atoms with E-state index in [1.807, 2.05) is 6.92 Å². The van der Waals surface area contributed by atoms with Gasteiger partial charge < -0.3 is 10.1 Å². The first-order valence-corrected chi connectivity index (χ1v) is 7.97. The molecule has 2 nitrogen and oxygen atoms in total. The van der Waals surface area contributed by atoms with E-state index in [0.717, 1.165) is 5.69 Å². The molecular formula is C17H22FNOS. The zero-order chi connectivity index (χ0) is 15.5. The molecule has 0 atom stereocenters. The molecule has 0 saturated heterocycles. The highest BCUT2D eigenvalue weighted by Crippen LogP contribution is 2.31. The Kier molecular flexibility index (Phi) is 4.88. The molecule has 1 heterocycles. The van der Waals surface area contributed by atoms with E-state index in [1.54, 1.807) is 17.4 Å². The van der Waals surface area contributed by atoms with Crippen molar-refractivity contribution >= 4 is 17.0 Å². The molecular weight excluding hydrogens is 285 g/mol. The van der Waals surface area contributed by atoms with Gasteiger partial charge in [0.05, 0.1) is 12.3 Å². The quantitative estimate of drug-likeness (QED) is 0.820. The highest BCUT2D eigenvalue weighted by atomic mass is 32.1. The standard InChI is InChI=1S/C17H22FNOS/c1-5-20-15-10-12(18)6-8-14(15)19-11-13-7-9-16(21-13)17(2,3)4/h6-10,19H,5,11H2,1-4H3. The molecule has 0 saturated carbocycles. The fraction of sp³-hybridized carbons (Fsp3) is 0.412. The summed E-state index contributed by atoms with van der Waals surface area (Å²) in [7, 11) is 0. The summed E-state index contributed by atoms with van der Waals surface area (Å²) in [6, 6.07) is 8.90. The second-order valence-corrected chi connectivity index (χ2v) is 7.11. The number of benzene rings is 1. The van der Waals surface area contributed by atoms with Crippen molar-refractivity contribution in [2.45, 2.75) is 39.7 Å². The molecule has 114 valence electrons. The van der Waals surface area contributed by atoms with Gasteiger partial charge in [0.25, 0.3) is 0 Å². The van der Waals surface area contributed by atoms with E-state index < -0.39 is 0 Å². The number of rotatable bonds is 5. The topological polar surface area (TPSA) is 21.3 Å². The van der Waals surface area contributed by atoms with E-state index in [0.29, 0.717) is 18.9 Å². The first kappa shape index (κ1) is 15.8. The zero-order valence-corrected chi connectivity index (χ0v) is 13.8. The summed E-state index contributed by atoms with van der Waals surface area (Å²) in [6.45, 7) is 9.76. The summed E-state index contributed by atoms with van der Waals surface area (Å²) in [5.74, 6) is 0.278. The first-order valence-electron chi connectivity index (χ1n) is 7.15. The lowest BCUT2D eigenvalue weighted by molar-refractivity contribution is 0.340. The van der Waals surface area contributed by atoms with Gasteiger partial charge >= 0.3 is 0 Å². The first-order chi connectivity index (χ1) is 9.90. The van der Waals surface area contributed by atoms with Gasteiger partial charge in [-0.1, -0.05) is 20.8 Å². The molecule has 0 radical (unpaired) electrons. The number of hydrogen-bond acceptors (Lipinski definition) is 3. The molecule has 0 amide bonds. The summed E-state index contributed by atoms with van der Waals surface area (Å²) in [4.78, 5) is 2.62. The van der Waals surface area contributed by atoms with Crippen LogP contribution in [0.5, 0.6) is 5.75 Å². The highest BCUT2D eigenvalue weighted by Gasteiger charge is 2.16. The van der Waals surface area contributed by atoms with Crippen LogP contribution >= 0.6 is 11.3 Å². The molecule has 0 aliphatic heterocycles. The fourth-order valence-corrected chi connectivity index (χ4v) is 2.98. The molecule has 0 aliphatic carbocycles. The Morgan fingerprint density at radius 2 is 1.95 bits per heavy atom. The Bertz CT molecular complexity index is 601. The molecule has 4 heteroatoms. The third kappa shape index (κ3) is 4.21. The van der Waals surface area contributed by atoms with Gasteiger partial charge in [0.2, 0.25) is 0 Å². The van der Waals surface area contributed by atoms with E-state index in [1.165, 1.54) is 21.9 Å². The lowest BCUT2D eigenvalue weighted by atomic mass is 9.95. The van der Waals surface area contributed by atoms with Gasteiger partial charge in [0, 0.05) is 22.4 Å². The smallest absolute Gasteiger partial charge is 0.145 e. The molecule has 2 aromatic rings. The van der Waals surface area contributed by atoms with Crippen molar-refractivity contribution in [1.29, 1.82) is 0 Å². The van der Waals surface area contributed by atoms with Crippen LogP contribution < -0.4 is 10.1 Å². The summed E-state index contributed by atoms with van der Waals surface area (Å²) in [6.07, 6.45) is 0. The van der Waals surface area contributed by atoms with Gasteiger partial charge in [-0.05, 0) is 36.6 Å². The van der Waals surface area contributed by atoms with Crippen LogP contribution in [0.4, 0.5) is 10.1 Å². The largest absolute Gasteiger partial charge is 0.492 e. The van der Waals surface area contributed by atoms with Crippen molar-refractivity contribution in [2.75, 3.05) is 11.9 Å². The van der Waals surface area contributed by atoms with Crippen LogP contribution in [-0.4, -0.2) is 6.61 Å². The van der Waals surface area contributed by atoms with Crippen molar-refractivity contribution < 1.29 is 9.13 Å². The lowest BCUT2D eigenvalue weighted by Gasteiger charge is -2.15. The maximum absolute atomic E-state index is 13.3. The average molecular weight is 307 g/mol. The molecule has 1 aromatic heterocycles. The molecule has 0 spiro atoms. The van der Waals surface area contributed by atoms with Gasteiger partial charge in [0.15, 0.2) is 0 Å². The van der Waals surface area contributed by atoms with E-state index in [9.17, 15) is 4.39 Å². The minimum atomic E-state index is -0.282. The number of nitrogens with one attached hydrogen (secondary N) is 1. The summed E-state index contributed by atoms with van der Waals surface area (Å²) >= 11 is 1.80. The second-order valence-electron chi connectivity index (χ2n) is 5.94. The van der Waals surface area contributed by atoms with Gasteiger partial charge in [-0.25, -0.2) is 4.39 Å². The van der Waals surface area contributed by atoms with Gasteiger partial charge in [-0.2, -0.15) is 0 Å². The normalized spacial score (nSPS) is 11.5. The number of hydrogen-bond donors (Lipinski definition) is 1. The van der Waals surface area contributed by atoms with Gasteiger partial charge in [0.1, 0.15) is 11.6 Å². The van der Waals surface area contributed by atoms with Gasteiger partial charge in [-0.15, -0.1) is 11.3 Å². The maximum atomic E-state index is 13.3. The summed E-state index contributed by atoms with van der Waals surface area (Å²) in [5.41, 5.74) is 0.999. The van der Waals surface area contributed by atoms with Crippen LogP contribution in [0.25, 0.3) is 0 Å². The number of thiophene rings is 1. The fourth-order valence-electron chi connectivity index (χ4n) is 1.98. The van der Waals surface area contributed by atoms with Crippen LogP contribution in [0.1, 0.15) is 37.4 Å². The van der Waals surface area contributed by atoms with Crippen LogP contribution in [0.15, 0.2) is 30.3 Å². The third-order valence-corrected chi connectivity index (χ3v) is 4.61. The van der Waals surface area contributed by atoms with E-state index in [2.05, 4.69) is 38.2 Å². The Balaban J connectivity index is 2.08.